The molecule has 0 heterocycles. The molecule has 0 aromatic rings. The summed E-state index contributed by atoms with van der Waals surface area (Å²) >= 11 is 0. The van der Waals surface area contributed by atoms with Gasteiger partial charge in [0.2, 0.25) is 5.92 Å². The van der Waals surface area contributed by atoms with Crippen molar-refractivity contribution < 1.29 is 74.6 Å². The van der Waals surface area contributed by atoms with Crippen LogP contribution in [0.5, 0.6) is 0 Å². The predicted molar refractivity (Wildman–Crippen MR) is 41.4 cm³/mol. The summed E-state index contributed by atoms with van der Waals surface area (Å²) in [6, 6.07) is 0. The molecule has 0 aliphatic heterocycles. The van der Waals surface area contributed by atoms with Crippen LogP contribution in [0.4, 0.5) is 74.6 Å². The maximum atomic E-state index is 12.9. The van der Waals surface area contributed by atoms with Crippen LogP contribution in [0.15, 0.2) is 0 Å². The molecule has 25 heavy (non-hydrogen) atoms. The number of rotatable bonds is 4. The van der Waals surface area contributed by atoms with Crippen LogP contribution in [0.3, 0.4) is 0 Å². The van der Waals surface area contributed by atoms with Crippen molar-refractivity contribution in [2.24, 2.45) is 5.92 Å². The summed E-state index contributed by atoms with van der Waals surface area (Å²) in [5.74, 6) is -39.6. The Morgan fingerprint density at radius 1 is 0.360 bits per heavy atom. The second-order valence-corrected chi connectivity index (χ2v) is 4.36. The molecule has 0 aromatic carbocycles. The summed E-state index contributed by atoms with van der Waals surface area (Å²) < 4.78 is 208. The van der Waals surface area contributed by atoms with Crippen molar-refractivity contribution in [1.29, 1.82) is 0 Å². The van der Waals surface area contributed by atoms with Crippen LogP contribution >= 0.6 is 0 Å². The molecule has 0 unspecified atom stereocenters. The van der Waals surface area contributed by atoms with E-state index in [1.807, 2.05) is 0 Å². The molecule has 0 nitrogen and oxygen atoms in total. The normalized spacial score (nSPS) is 16.6. The van der Waals surface area contributed by atoms with E-state index in [0.717, 1.165) is 0 Å². The van der Waals surface area contributed by atoms with Gasteiger partial charge in [0.25, 0.3) is 0 Å². The molecule has 0 bridgehead atoms. The Hall–Kier alpha value is -1.19. The van der Waals surface area contributed by atoms with E-state index in [9.17, 15) is 74.6 Å². The molecule has 0 aromatic heterocycles. The topological polar surface area (TPSA) is 0 Å². The first-order valence-corrected chi connectivity index (χ1v) is 5.08. The Bertz CT molecular complexity index is 458. The molecular formula is C8HF17. The molecule has 17 heteroatoms. The van der Waals surface area contributed by atoms with Crippen molar-refractivity contribution in [3.8, 4) is 0 Å². The highest BCUT2D eigenvalue weighted by Gasteiger charge is 2.91. The monoisotopic (exact) mass is 420 g/mol. The van der Waals surface area contributed by atoms with E-state index in [1.54, 1.807) is 0 Å². The molecule has 0 amide bonds. The van der Waals surface area contributed by atoms with Gasteiger partial charge in [-0.3, -0.25) is 0 Å². The van der Waals surface area contributed by atoms with Gasteiger partial charge < -0.3 is 0 Å². The van der Waals surface area contributed by atoms with Crippen LogP contribution in [0.2, 0.25) is 0 Å². The minimum atomic E-state index is -8.41. The van der Waals surface area contributed by atoms with Gasteiger partial charge in [0, 0.05) is 0 Å². The van der Waals surface area contributed by atoms with E-state index in [2.05, 4.69) is 0 Å². The summed E-state index contributed by atoms with van der Waals surface area (Å²) in [5, 5.41) is 0. The van der Waals surface area contributed by atoms with Gasteiger partial charge in [0.15, 0.2) is 0 Å². The Kier molecular flexibility index (Phi) is 5.38. The number of hydrogen-bond donors (Lipinski definition) is 0. The first-order valence-electron chi connectivity index (χ1n) is 5.08. The SMILES string of the molecule is FC(F)(F)C(C(F)(F)F)C(F)(F)C(F)(F)C(F)(F)C(F)(F)C(F)(F)F. The van der Waals surface area contributed by atoms with E-state index in [1.165, 1.54) is 0 Å². The lowest BCUT2D eigenvalue weighted by Gasteiger charge is -2.40. The largest absolute Gasteiger partial charge is 0.460 e. The van der Waals surface area contributed by atoms with Crippen molar-refractivity contribution >= 4 is 0 Å². The lowest BCUT2D eigenvalue weighted by molar-refractivity contribution is -0.449. The Balaban J connectivity index is 6.56. The van der Waals surface area contributed by atoms with Crippen molar-refractivity contribution in [2.45, 2.75) is 42.2 Å². The standard InChI is InChI=1S/C8HF17/c9-2(10,1(3(11,12)13)4(14,15)16)5(17,18)6(19,20)7(21,22)8(23,24)25/h1H. The lowest BCUT2D eigenvalue weighted by atomic mass is 9.88. The summed E-state index contributed by atoms with van der Waals surface area (Å²) in [7, 11) is 0. The maximum absolute atomic E-state index is 12.9. The van der Waals surface area contributed by atoms with Crippen molar-refractivity contribution in [3.05, 3.63) is 0 Å². The summed E-state index contributed by atoms with van der Waals surface area (Å²) in [5.41, 5.74) is 0. The van der Waals surface area contributed by atoms with Crippen LogP contribution in [0, 0.1) is 5.92 Å². The van der Waals surface area contributed by atoms with Crippen LogP contribution in [-0.2, 0) is 0 Å². The molecule has 0 N–H and O–H groups in total. The maximum Gasteiger partial charge on any atom is 0.460 e. The van der Waals surface area contributed by atoms with Gasteiger partial charge in [-0.2, -0.15) is 74.6 Å². The molecule has 0 saturated carbocycles. The quantitative estimate of drug-likeness (QED) is 0.503. The Morgan fingerprint density at radius 2 is 0.640 bits per heavy atom. The first-order chi connectivity index (χ1) is 10.4. The number of alkyl halides is 17. The molecule has 0 spiro atoms. The zero-order chi connectivity index (χ0) is 21.1. The fourth-order valence-electron chi connectivity index (χ4n) is 1.36. The van der Waals surface area contributed by atoms with E-state index in [0.29, 0.717) is 0 Å². The highest BCUT2D eigenvalue weighted by molar-refractivity contribution is 5.09. The first kappa shape index (κ1) is 23.8. The fraction of sp³-hybridized carbons (Fsp3) is 1.00. The van der Waals surface area contributed by atoms with Crippen LogP contribution in [-0.4, -0.2) is 42.2 Å². The van der Waals surface area contributed by atoms with Gasteiger partial charge in [0.1, 0.15) is 0 Å². The highest BCUT2D eigenvalue weighted by atomic mass is 19.4. The summed E-state index contributed by atoms with van der Waals surface area (Å²) in [6.07, 6.45) is -22.6. The summed E-state index contributed by atoms with van der Waals surface area (Å²) in [4.78, 5) is 0. The van der Waals surface area contributed by atoms with Gasteiger partial charge in [-0.05, 0) is 0 Å². The molecule has 0 atom stereocenters. The lowest BCUT2D eigenvalue weighted by Crippen LogP contribution is -2.70. The smallest absolute Gasteiger partial charge is 0.199 e. The zero-order valence-electron chi connectivity index (χ0n) is 10.5. The third kappa shape index (κ3) is 3.54. The molecule has 152 valence electrons. The van der Waals surface area contributed by atoms with Gasteiger partial charge in [-0.25, -0.2) is 0 Å². The van der Waals surface area contributed by atoms with Gasteiger partial charge >= 0.3 is 42.2 Å². The molecule has 0 radical (unpaired) electrons. The molecule has 0 aliphatic carbocycles. The van der Waals surface area contributed by atoms with E-state index >= 15 is 0 Å². The third-order valence-corrected chi connectivity index (χ3v) is 2.58. The van der Waals surface area contributed by atoms with Crippen LogP contribution < -0.4 is 0 Å². The van der Waals surface area contributed by atoms with Crippen molar-refractivity contribution in [3.63, 3.8) is 0 Å². The van der Waals surface area contributed by atoms with Crippen molar-refractivity contribution in [2.75, 3.05) is 0 Å². The van der Waals surface area contributed by atoms with Crippen molar-refractivity contribution in [1.82, 2.24) is 0 Å². The van der Waals surface area contributed by atoms with E-state index < -0.39 is 48.1 Å². The minimum Gasteiger partial charge on any atom is -0.199 e. The fourth-order valence-corrected chi connectivity index (χ4v) is 1.36. The predicted octanol–water partition coefficient (Wildman–Crippen LogP) is 5.83. The molecule has 0 rings (SSSR count). The second-order valence-electron chi connectivity index (χ2n) is 4.36. The highest BCUT2D eigenvalue weighted by Crippen LogP contribution is 2.62. The van der Waals surface area contributed by atoms with Gasteiger partial charge in [0.05, 0.1) is 0 Å². The second kappa shape index (κ2) is 5.65. The average Bonchev–Trinajstić information content (AvgIpc) is 2.21. The minimum absolute atomic E-state index is 6.66. The number of halogens is 17. The molecule has 0 fully saturated rings. The number of hydrogen-bond acceptors (Lipinski definition) is 0. The zero-order valence-corrected chi connectivity index (χ0v) is 10.5. The Morgan fingerprint density at radius 3 is 0.840 bits per heavy atom. The van der Waals surface area contributed by atoms with Gasteiger partial charge in [-0.1, -0.05) is 0 Å². The molecule has 0 aliphatic rings. The molecule has 0 saturated heterocycles. The molecular weight excluding hydrogens is 419 g/mol. The van der Waals surface area contributed by atoms with Crippen LogP contribution in [0.25, 0.3) is 0 Å². The third-order valence-electron chi connectivity index (χ3n) is 2.58. The van der Waals surface area contributed by atoms with Crippen LogP contribution in [0.1, 0.15) is 0 Å². The van der Waals surface area contributed by atoms with E-state index in [-0.39, 0.29) is 0 Å². The Labute approximate surface area is 124 Å². The average molecular weight is 420 g/mol. The summed E-state index contributed by atoms with van der Waals surface area (Å²) in [6.45, 7) is 0. The van der Waals surface area contributed by atoms with E-state index in [4.69, 9.17) is 0 Å². The van der Waals surface area contributed by atoms with Gasteiger partial charge in [-0.15, -0.1) is 0 Å².